The predicted molar refractivity (Wildman–Crippen MR) is 83.6 cm³/mol. The first kappa shape index (κ1) is 13.4. The van der Waals surface area contributed by atoms with Crippen LogP contribution in [0.3, 0.4) is 0 Å². The van der Waals surface area contributed by atoms with E-state index in [0.29, 0.717) is 6.42 Å². The summed E-state index contributed by atoms with van der Waals surface area (Å²) in [6.45, 7) is 0. The summed E-state index contributed by atoms with van der Waals surface area (Å²) in [6, 6.07) is 16.4. The van der Waals surface area contributed by atoms with Crippen LogP contribution in [0.1, 0.15) is 17.5 Å². The summed E-state index contributed by atoms with van der Waals surface area (Å²) in [6.07, 6.45) is 0.565. The van der Waals surface area contributed by atoms with Crippen LogP contribution in [0, 0.1) is 0 Å². The normalized spacial score (nSPS) is 17.0. The van der Waals surface area contributed by atoms with Crippen LogP contribution in [-0.2, 0) is 9.68 Å². The largest absolute Gasteiger partial charge is 0.399 e. The zero-order chi connectivity index (χ0) is 14.7. The Balaban J connectivity index is 2.30. The molecule has 4 nitrogen and oxygen atoms in total. The van der Waals surface area contributed by atoms with Crippen LogP contribution in [0.2, 0.25) is 0 Å². The molecule has 0 unspecified atom stereocenters. The number of hydrogen-bond acceptors (Lipinski definition) is 4. The smallest absolute Gasteiger partial charge is 0.106 e. The molecule has 21 heavy (non-hydrogen) atoms. The van der Waals surface area contributed by atoms with Gasteiger partial charge in [0, 0.05) is 17.5 Å². The minimum absolute atomic E-state index is 0.565. The van der Waals surface area contributed by atoms with Gasteiger partial charge in [0.05, 0.1) is 11.4 Å². The molecule has 0 fully saturated rings. The molecule has 106 valence electrons. The Kier molecular flexibility index (Phi) is 3.69. The van der Waals surface area contributed by atoms with E-state index < -0.39 is 0 Å². The van der Waals surface area contributed by atoms with Gasteiger partial charge < -0.3 is 9.68 Å². The van der Waals surface area contributed by atoms with Crippen molar-refractivity contribution in [3.8, 4) is 11.1 Å². The van der Waals surface area contributed by atoms with E-state index >= 15 is 0 Å². The molecule has 0 amide bonds. The second-order valence-corrected chi connectivity index (χ2v) is 4.71. The molecular formula is C17H16N2O2. The first-order valence-electron chi connectivity index (χ1n) is 6.74. The first-order valence-corrected chi connectivity index (χ1v) is 6.74. The number of rotatable bonds is 2. The van der Waals surface area contributed by atoms with E-state index in [4.69, 9.17) is 9.68 Å². The summed E-state index contributed by atoms with van der Waals surface area (Å²) in [4.78, 5) is 10.0. The Hall–Kier alpha value is -2.62. The average molecular weight is 280 g/mol. The molecule has 2 aromatic carbocycles. The Labute approximate surface area is 123 Å². The lowest BCUT2D eigenvalue weighted by Gasteiger charge is -2.08. The highest BCUT2D eigenvalue weighted by Crippen LogP contribution is 2.32. The van der Waals surface area contributed by atoms with Gasteiger partial charge in [0.25, 0.3) is 0 Å². The van der Waals surface area contributed by atoms with Crippen LogP contribution < -0.4 is 0 Å². The van der Waals surface area contributed by atoms with Gasteiger partial charge in [-0.3, -0.25) is 0 Å². The first-order chi connectivity index (χ1) is 10.3. The monoisotopic (exact) mass is 280 g/mol. The highest BCUT2D eigenvalue weighted by atomic mass is 16.6. The fourth-order valence-electron chi connectivity index (χ4n) is 2.67. The van der Waals surface area contributed by atoms with E-state index in [0.717, 1.165) is 33.7 Å². The van der Waals surface area contributed by atoms with Crippen molar-refractivity contribution in [1.82, 2.24) is 0 Å². The summed E-state index contributed by atoms with van der Waals surface area (Å²) in [5.41, 5.74) is 6.08. The molecule has 0 aromatic heterocycles. The molecule has 2 aromatic rings. The number of benzene rings is 2. The van der Waals surface area contributed by atoms with E-state index in [2.05, 4.69) is 34.6 Å². The number of hydrogen-bond donors (Lipinski definition) is 0. The van der Waals surface area contributed by atoms with E-state index in [9.17, 15) is 0 Å². The van der Waals surface area contributed by atoms with Gasteiger partial charge in [-0.15, -0.1) is 0 Å². The SMILES string of the molecule is CON=C1CC(=NOC)c2ccccc2-c2ccccc21. The molecule has 0 N–H and O–H groups in total. The lowest BCUT2D eigenvalue weighted by Crippen LogP contribution is -2.09. The second kappa shape index (κ2) is 5.79. The maximum absolute atomic E-state index is 5.01. The quantitative estimate of drug-likeness (QED) is 0.791. The van der Waals surface area contributed by atoms with Crippen LogP contribution in [0.15, 0.2) is 58.8 Å². The molecule has 0 atom stereocenters. The molecule has 3 rings (SSSR count). The summed E-state index contributed by atoms with van der Waals surface area (Å²) in [5.74, 6) is 0. The van der Waals surface area contributed by atoms with Gasteiger partial charge in [-0.05, 0) is 11.1 Å². The third kappa shape index (κ3) is 2.40. The van der Waals surface area contributed by atoms with E-state index in [1.807, 2.05) is 24.3 Å². The molecule has 0 radical (unpaired) electrons. The van der Waals surface area contributed by atoms with E-state index in [1.54, 1.807) is 14.2 Å². The molecule has 0 saturated carbocycles. The number of oxime groups is 2. The number of nitrogens with zero attached hydrogens (tertiary/aromatic N) is 2. The van der Waals surface area contributed by atoms with Gasteiger partial charge in [-0.25, -0.2) is 0 Å². The maximum atomic E-state index is 5.01. The fraction of sp³-hybridized carbons (Fsp3) is 0.176. The van der Waals surface area contributed by atoms with Gasteiger partial charge >= 0.3 is 0 Å². The minimum Gasteiger partial charge on any atom is -0.399 e. The van der Waals surface area contributed by atoms with Gasteiger partial charge in [0.15, 0.2) is 0 Å². The average Bonchev–Trinajstić information content (AvgIpc) is 2.65. The lowest BCUT2D eigenvalue weighted by molar-refractivity contribution is 0.211. The molecule has 0 spiro atoms. The molecule has 1 aliphatic carbocycles. The van der Waals surface area contributed by atoms with Crippen LogP contribution in [0.5, 0.6) is 0 Å². The highest BCUT2D eigenvalue weighted by molar-refractivity contribution is 6.24. The summed E-state index contributed by atoms with van der Waals surface area (Å²) < 4.78 is 0. The topological polar surface area (TPSA) is 43.2 Å². The third-order valence-electron chi connectivity index (χ3n) is 3.50. The molecule has 4 heteroatoms. The van der Waals surface area contributed by atoms with Crippen LogP contribution in [0.4, 0.5) is 0 Å². The summed E-state index contributed by atoms with van der Waals surface area (Å²) >= 11 is 0. The molecule has 0 bridgehead atoms. The molecule has 0 aliphatic heterocycles. The summed E-state index contributed by atoms with van der Waals surface area (Å²) in [5, 5.41) is 8.36. The predicted octanol–water partition coefficient (Wildman–Crippen LogP) is 3.46. The Morgan fingerprint density at radius 1 is 0.667 bits per heavy atom. The van der Waals surface area contributed by atoms with Crippen LogP contribution in [-0.4, -0.2) is 25.6 Å². The van der Waals surface area contributed by atoms with Crippen molar-refractivity contribution in [3.63, 3.8) is 0 Å². The van der Waals surface area contributed by atoms with Gasteiger partial charge in [-0.1, -0.05) is 58.8 Å². The van der Waals surface area contributed by atoms with E-state index in [-0.39, 0.29) is 0 Å². The Bertz CT molecular complexity index is 659. The van der Waals surface area contributed by atoms with Crippen molar-refractivity contribution in [2.24, 2.45) is 10.3 Å². The highest BCUT2D eigenvalue weighted by Gasteiger charge is 2.23. The number of fused-ring (bicyclic) bond motifs is 3. The Morgan fingerprint density at radius 2 is 1.05 bits per heavy atom. The minimum atomic E-state index is 0.565. The zero-order valence-corrected chi connectivity index (χ0v) is 12.0. The molecule has 1 aliphatic rings. The standard InChI is InChI=1S/C17H16N2O2/c1-20-18-16-11-17(19-21-2)15-10-6-4-8-13(15)12-7-3-5-9-14(12)16/h3-10H,11H2,1-2H3. The van der Waals surface area contributed by atoms with Crippen molar-refractivity contribution in [1.29, 1.82) is 0 Å². The summed E-state index contributed by atoms with van der Waals surface area (Å²) in [7, 11) is 3.11. The van der Waals surface area contributed by atoms with Gasteiger partial charge in [-0.2, -0.15) is 0 Å². The van der Waals surface area contributed by atoms with Crippen molar-refractivity contribution in [2.75, 3.05) is 14.2 Å². The fourth-order valence-corrected chi connectivity index (χ4v) is 2.67. The maximum Gasteiger partial charge on any atom is 0.106 e. The second-order valence-electron chi connectivity index (χ2n) is 4.71. The Morgan fingerprint density at radius 3 is 1.43 bits per heavy atom. The third-order valence-corrected chi connectivity index (χ3v) is 3.50. The van der Waals surface area contributed by atoms with Crippen molar-refractivity contribution < 1.29 is 9.68 Å². The lowest BCUT2D eigenvalue weighted by atomic mass is 9.96. The van der Waals surface area contributed by atoms with Crippen LogP contribution in [0.25, 0.3) is 11.1 Å². The zero-order valence-electron chi connectivity index (χ0n) is 12.0. The van der Waals surface area contributed by atoms with Crippen molar-refractivity contribution in [2.45, 2.75) is 6.42 Å². The van der Waals surface area contributed by atoms with Gasteiger partial charge in [0.2, 0.25) is 0 Å². The van der Waals surface area contributed by atoms with Crippen LogP contribution >= 0.6 is 0 Å². The van der Waals surface area contributed by atoms with Crippen molar-refractivity contribution >= 4 is 11.4 Å². The van der Waals surface area contributed by atoms with Crippen molar-refractivity contribution in [3.05, 3.63) is 59.7 Å². The molecule has 0 heterocycles. The molecular weight excluding hydrogens is 264 g/mol. The molecule has 0 saturated heterocycles. The van der Waals surface area contributed by atoms with Gasteiger partial charge in [0.1, 0.15) is 14.2 Å². The van der Waals surface area contributed by atoms with E-state index in [1.165, 1.54) is 0 Å².